The first-order valence-electron chi connectivity index (χ1n) is 8.88. The van der Waals surface area contributed by atoms with Crippen LogP contribution in [0.3, 0.4) is 0 Å². The number of nitrogens with one attached hydrogen (secondary N) is 2. The molecule has 7 nitrogen and oxygen atoms in total. The van der Waals surface area contributed by atoms with E-state index in [0.29, 0.717) is 18.0 Å². The van der Waals surface area contributed by atoms with Crippen LogP contribution in [0.25, 0.3) is 0 Å². The largest absolute Gasteiger partial charge is 0.354 e. The lowest BCUT2D eigenvalue weighted by atomic mass is 10.0. The fourth-order valence-corrected chi connectivity index (χ4v) is 4.11. The Kier molecular flexibility index (Phi) is 6.77. The molecule has 1 aromatic carbocycles. The zero-order valence-corrected chi connectivity index (χ0v) is 16.3. The van der Waals surface area contributed by atoms with Crippen molar-refractivity contribution in [2.24, 2.45) is 5.92 Å². The first kappa shape index (κ1) is 20.4. The zero-order valence-electron chi connectivity index (χ0n) is 15.5. The van der Waals surface area contributed by atoms with Gasteiger partial charge in [0.25, 0.3) is 5.91 Å². The monoisotopic (exact) mass is 381 g/mol. The number of benzene rings is 1. The number of hydrogen-bond acceptors (Lipinski definition) is 4. The van der Waals surface area contributed by atoms with Gasteiger partial charge in [-0.2, -0.15) is 4.31 Å². The van der Waals surface area contributed by atoms with E-state index in [1.54, 1.807) is 0 Å². The van der Waals surface area contributed by atoms with E-state index in [2.05, 4.69) is 24.5 Å². The number of amides is 2. The summed E-state index contributed by atoms with van der Waals surface area (Å²) in [5, 5.41) is 5.52. The van der Waals surface area contributed by atoms with Crippen molar-refractivity contribution in [3.8, 4) is 0 Å². The van der Waals surface area contributed by atoms with Crippen molar-refractivity contribution in [2.75, 3.05) is 19.6 Å². The average Bonchev–Trinajstić information content (AvgIpc) is 2.60. The molecule has 144 valence electrons. The Balaban J connectivity index is 2.03. The Bertz CT molecular complexity index is 744. The molecule has 1 fully saturated rings. The Morgan fingerprint density at radius 2 is 1.85 bits per heavy atom. The standard InChI is InChI=1S/C18H27N3O4S/c1-13(2)4-5-14(3)20-18(23)15-6-8-16(9-7-15)26(24,25)21-11-10-19-17(22)12-21/h6-9,13-14H,4-5,10-12H2,1-3H3,(H,19,22)(H,20,23). The highest BCUT2D eigenvalue weighted by Gasteiger charge is 2.29. The summed E-state index contributed by atoms with van der Waals surface area (Å²) in [4.78, 5) is 23.8. The molecule has 1 heterocycles. The molecule has 0 spiro atoms. The number of rotatable bonds is 7. The minimum Gasteiger partial charge on any atom is -0.354 e. The van der Waals surface area contributed by atoms with Crippen LogP contribution < -0.4 is 10.6 Å². The summed E-state index contributed by atoms with van der Waals surface area (Å²) in [6.45, 7) is 6.59. The number of piperazine rings is 1. The fourth-order valence-electron chi connectivity index (χ4n) is 2.71. The molecular formula is C18H27N3O4S. The van der Waals surface area contributed by atoms with Gasteiger partial charge in [-0.15, -0.1) is 0 Å². The van der Waals surface area contributed by atoms with Crippen LogP contribution >= 0.6 is 0 Å². The summed E-state index contributed by atoms with van der Waals surface area (Å²) < 4.78 is 26.3. The summed E-state index contributed by atoms with van der Waals surface area (Å²) in [6, 6.07) is 5.88. The van der Waals surface area contributed by atoms with E-state index < -0.39 is 10.0 Å². The molecule has 0 aliphatic carbocycles. The average molecular weight is 381 g/mol. The van der Waals surface area contributed by atoms with Gasteiger partial charge in [0.15, 0.2) is 0 Å². The third kappa shape index (κ3) is 5.28. The molecule has 26 heavy (non-hydrogen) atoms. The van der Waals surface area contributed by atoms with Crippen LogP contribution in [0.4, 0.5) is 0 Å². The van der Waals surface area contributed by atoms with Crippen molar-refractivity contribution in [3.63, 3.8) is 0 Å². The summed E-state index contributed by atoms with van der Waals surface area (Å²) in [6.07, 6.45) is 1.93. The normalized spacial score (nSPS) is 17.0. The molecule has 0 aromatic heterocycles. The molecule has 1 aromatic rings. The van der Waals surface area contributed by atoms with E-state index in [1.807, 2.05) is 6.92 Å². The SMILES string of the molecule is CC(C)CCC(C)NC(=O)c1ccc(S(=O)(=O)N2CCNC(=O)C2)cc1. The number of carbonyl (C=O) groups is 2. The summed E-state index contributed by atoms with van der Waals surface area (Å²) in [5.41, 5.74) is 0.414. The van der Waals surface area contributed by atoms with Crippen LogP contribution in [0, 0.1) is 5.92 Å². The van der Waals surface area contributed by atoms with Gasteiger partial charge in [0.05, 0.1) is 11.4 Å². The van der Waals surface area contributed by atoms with Gasteiger partial charge in [0.1, 0.15) is 0 Å². The maximum Gasteiger partial charge on any atom is 0.251 e. The first-order chi connectivity index (χ1) is 12.2. The first-order valence-corrected chi connectivity index (χ1v) is 10.3. The number of carbonyl (C=O) groups excluding carboxylic acids is 2. The van der Waals surface area contributed by atoms with E-state index in [0.717, 1.165) is 17.1 Å². The molecule has 2 amide bonds. The Labute approximate surface area is 155 Å². The van der Waals surface area contributed by atoms with Crippen LogP contribution in [0.2, 0.25) is 0 Å². The molecular weight excluding hydrogens is 354 g/mol. The highest BCUT2D eigenvalue weighted by molar-refractivity contribution is 7.89. The highest BCUT2D eigenvalue weighted by atomic mass is 32.2. The molecule has 0 radical (unpaired) electrons. The second kappa shape index (κ2) is 8.64. The molecule has 8 heteroatoms. The van der Waals surface area contributed by atoms with Crippen molar-refractivity contribution in [1.29, 1.82) is 0 Å². The maximum atomic E-state index is 12.6. The third-order valence-electron chi connectivity index (χ3n) is 4.31. The fraction of sp³-hybridized carbons (Fsp3) is 0.556. The molecule has 1 saturated heterocycles. The molecule has 1 unspecified atom stereocenters. The Hall–Kier alpha value is -1.93. The Morgan fingerprint density at radius 1 is 1.19 bits per heavy atom. The van der Waals surface area contributed by atoms with Crippen molar-refractivity contribution < 1.29 is 18.0 Å². The van der Waals surface area contributed by atoms with Gasteiger partial charge in [0.2, 0.25) is 15.9 Å². The maximum absolute atomic E-state index is 12.6. The molecule has 1 aliphatic heterocycles. The molecule has 2 rings (SSSR count). The van der Waals surface area contributed by atoms with Crippen molar-refractivity contribution in [1.82, 2.24) is 14.9 Å². The van der Waals surface area contributed by atoms with Crippen LogP contribution in [-0.2, 0) is 14.8 Å². The molecule has 1 atom stereocenters. The van der Waals surface area contributed by atoms with E-state index >= 15 is 0 Å². The molecule has 0 bridgehead atoms. The van der Waals surface area contributed by atoms with Crippen molar-refractivity contribution in [2.45, 2.75) is 44.6 Å². The summed E-state index contributed by atoms with van der Waals surface area (Å²) in [7, 11) is -3.74. The lowest BCUT2D eigenvalue weighted by molar-refractivity contribution is -0.122. The van der Waals surface area contributed by atoms with E-state index in [9.17, 15) is 18.0 Å². The van der Waals surface area contributed by atoms with E-state index in [4.69, 9.17) is 0 Å². The zero-order chi connectivity index (χ0) is 19.3. The minimum absolute atomic E-state index is 0.0557. The van der Waals surface area contributed by atoms with Crippen LogP contribution in [0.1, 0.15) is 44.0 Å². The van der Waals surface area contributed by atoms with Crippen molar-refractivity contribution >= 4 is 21.8 Å². The second-order valence-corrected chi connectivity index (χ2v) is 9.00. The van der Waals surface area contributed by atoms with Crippen LogP contribution in [0.5, 0.6) is 0 Å². The topological polar surface area (TPSA) is 95.6 Å². The minimum atomic E-state index is -3.74. The van der Waals surface area contributed by atoms with E-state index in [1.165, 1.54) is 24.3 Å². The molecule has 2 N–H and O–H groups in total. The smallest absolute Gasteiger partial charge is 0.251 e. The van der Waals surface area contributed by atoms with Gasteiger partial charge in [-0.1, -0.05) is 13.8 Å². The Morgan fingerprint density at radius 3 is 2.42 bits per heavy atom. The lowest BCUT2D eigenvalue weighted by Crippen LogP contribution is -2.49. The molecule has 0 saturated carbocycles. The second-order valence-electron chi connectivity index (χ2n) is 7.06. The number of hydrogen-bond donors (Lipinski definition) is 2. The van der Waals surface area contributed by atoms with Crippen molar-refractivity contribution in [3.05, 3.63) is 29.8 Å². The summed E-state index contributed by atoms with van der Waals surface area (Å²) >= 11 is 0. The molecule has 1 aliphatic rings. The van der Waals surface area contributed by atoms with E-state index in [-0.39, 0.29) is 35.8 Å². The lowest BCUT2D eigenvalue weighted by Gasteiger charge is -2.25. The number of nitrogens with zero attached hydrogens (tertiary/aromatic N) is 1. The predicted molar refractivity (Wildman–Crippen MR) is 99.2 cm³/mol. The van der Waals surface area contributed by atoms with Crippen LogP contribution in [-0.4, -0.2) is 50.2 Å². The summed E-state index contributed by atoms with van der Waals surface area (Å²) in [5.74, 6) is 0.0458. The highest BCUT2D eigenvalue weighted by Crippen LogP contribution is 2.17. The quantitative estimate of drug-likeness (QED) is 0.745. The third-order valence-corrected chi connectivity index (χ3v) is 6.17. The van der Waals surface area contributed by atoms with Gasteiger partial charge in [-0.25, -0.2) is 8.42 Å². The van der Waals surface area contributed by atoms with Gasteiger partial charge in [-0.05, 0) is 49.9 Å². The number of sulfonamides is 1. The van der Waals surface area contributed by atoms with Gasteiger partial charge in [0, 0.05) is 24.7 Å². The predicted octanol–water partition coefficient (Wildman–Crippen LogP) is 1.36. The van der Waals surface area contributed by atoms with Gasteiger partial charge >= 0.3 is 0 Å². The van der Waals surface area contributed by atoms with Gasteiger partial charge < -0.3 is 10.6 Å². The van der Waals surface area contributed by atoms with Crippen LogP contribution in [0.15, 0.2) is 29.2 Å². The van der Waals surface area contributed by atoms with Gasteiger partial charge in [-0.3, -0.25) is 9.59 Å².